The van der Waals surface area contributed by atoms with Crippen LogP contribution >= 0.6 is 0 Å². The maximum absolute atomic E-state index is 13.2. The molecule has 0 spiro atoms. The van der Waals surface area contributed by atoms with Gasteiger partial charge in [-0.25, -0.2) is 26.8 Å². The first-order valence-corrected chi connectivity index (χ1v) is 13.6. The van der Waals surface area contributed by atoms with E-state index in [4.69, 9.17) is 0 Å². The van der Waals surface area contributed by atoms with Crippen LogP contribution in [0.25, 0.3) is 0 Å². The van der Waals surface area contributed by atoms with Crippen LogP contribution in [0.3, 0.4) is 0 Å². The minimum absolute atomic E-state index is 0.00972. The molecule has 34 heavy (non-hydrogen) atoms. The van der Waals surface area contributed by atoms with Crippen LogP contribution in [0.4, 0.5) is 11.5 Å². The highest BCUT2D eigenvalue weighted by Gasteiger charge is 2.30. The van der Waals surface area contributed by atoms with E-state index in [1.54, 1.807) is 18.5 Å². The second-order valence-electron chi connectivity index (χ2n) is 9.34. The lowest BCUT2D eigenvalue weighted by molar-refractivity contribution is 0.493. The van der Waals surface area contributed by atoms with E-state index >= 15 is 0 Å². The second-order valence-corrected chi connectivity index (χ2v) is 12.7. The summed E-state index contributed by atoms with van der Waals surface area (Å²) < 4.78 is 58.4. The molecule has 0 saturated carbocycles. The van der Waals surface area contributed by atoms with E-state index in [1.165, 1.54) is 36.5 Å². The molecule has 0 amide bonds. The number of rotatable bonds is 7. The van der Waals surface area contributed by atoms with Gasteiger partial charge < -0.3 is 0 Å². The molecule has 0 atom stereocenters. The summed E-state index contributed by atoms with van der Waals surface area (Å²) in [7, 11) is -7.88. The number of benzene rings is 1. The number of nitrogens with zero attached hydrogens (tertiary/aromatic N) is 4. The lowest BCUT2D eigenvalue weighted by Crippen LogP contribution is -2.20. The largest absolute Gasteiger partial charge is 0.280 e. The van der Waals surface area contributed by atoms with Gasteiger partial charge in [0.15, 0.2) is 0 Å². The molecular formula is C22H30N6O4S2. The zero-order valence-electron chi connectivity index (χ0n) is 20.3. The topological polar surface area (TPSA) is 136 Å². The van der Waals surface area contributed by atoms with E-state index in [2.05, 4.69) is 24.5 Å². The summed E-state index contributed by atoms with van der Waals surface area (Å²) in [5.74, 6) is 0.601. The Balaban J connectivity index is 1.87. The molecule has 184 valence electrons. The first-order chi connectivity index (χ1) is 15.6. The summed E-state index contributed by atoms with van der Waals surface area (Å²) in [6.07, 6.45) is 1.52. The van der Waals surface area contributed by atoms with E-state index in [9.17, 15) is 16.8 Å². The predicted molar refractivity (Wildman–Crippen MR) is 131 cm³/mol. The van der Waals surface area contributed by atoms with Gasteiger partial charge >= 0.3 is 0 Å². The fourth-order valence-electron chi connectivity index (χ4n) is 3.23. The molecule has 0 aliphatic heterocycles. The Morgan fingerprint density at radius 1 is 0.912 bits per heavy atom. The third-order valence-corrected chi connectivity index (χ3v) is 7.60. The standard InChI is InChI=1S/C22H30N6O4S2/c1-14(2)28-13-19(21(25-28)22(5,6)7)34(31,32)26-17-8-10-18(11-9-17)33(29,30)27-20-12-15(3)23-16(4)24-20/h8-14,26H,1-7H3,(H,23,24,27). The Labute approximate surface area is 200 Å². The van der Waals surface area contributed by atoms with Crippen LogP contribution in [0.2, 0.25) is 0 Å². The maximum Gasteiger partial charge on any atom is 0.265 e. The van der Waals surface area contributed by atoms with Gasteiger partial charge in [0.25, 0.3) is 20.0 Å². The first kappa shape index (κ1) is 25.6. The second kappa shape index (κ2) is 8.99. The van der Waals surface area contributed by atoms with Crippen molar-refractivity contribution in [3.05, 3.63) is 53.7 Å². The SMILES string of the molecule is Cc1cc(NS(=O)(=O)c2ccc(NS(=O)(=O)c3cn(C(C)C)nc3C(C)(C)C)cc2)nc(C)n1. The van der Waals surface area contributed by atoms with Crippen molar-refractivity contribution in [1.29, 1.82) is 0 Å². The van der Waals surface area contributed by atoms with E-state index in [-0.39, 0.29) is 27.3 Å². The number of aromatic nitrogens is 4. The van der Waals surface area contributed by atoms with Crippen LogP contribution in [-0.4, -0.2) is 36.6 Å². The van der Waals surface area contributed by atoms with E-state index < -0.39 is 25.5 Å². The minimum Gasteiger partial charge on any atom is -0.280 e. The molecule has 0 bridgehead atoms. The summed E-state index contributed by atoms with van der Waals surface area (Å²) in [6, 6.07) is 6.95. The molecular weight excluding hydrogens is 476 g/mol. The first-order valence-electron chi connectivity index (χ1n) is 10.7. The molecule has 0 aliphatic rings. The molecule has 0 radical (unpaired) electrons. The molecule has 3 rings (SSSR count). The molecule has 1 aromatic carbocycles. The van der Waals surface area contributed by atoms with Crippen molar-refractivity contribution in [2.24, 2.45) is 0 Å². The lowest BCUT2D eigenvalue weighted by atomic mass is 9.92. The Hall–Kier alpha value is -2.99. The highest BCUT2D eigenvalue weighted by molar-refractivity contribution is 7.93. The molecule has 0 fully saturated rings. The smallest absolute Gasteiger partial charge is 0.265 e. The zero-order chi connectivity index (χ0) is 25.5. The Morgan fingerprint density at radius 2 is 1.53 bits per heavy atom. The normalized spacial score (nSPS) is 12.7. The van der Waals surface area contributed by atoms with E-state index in [0.29, 0.717) is 17.2 Å². The number of anilines is 2. The molecule has 0 unspecified atom stereocenters. The third kappa shape index (κ3) is 5.73. The molecule has 2 aromatic heterocycles. The van der Waals surface area contributed by atoms with Crippen molar-refractivity contribution >= 4 is 31.6 Å². The zero-order valence-corrected chi connectivity index (χ0v) is 21.9. The van der Waals surface area contributed by atoms with Gasteiger partial charge in [0.05, 0.1) is 10.6 Å². The fourth-order valence-corrected chi connectivity index (χ4v) is 5.63. The number of nitrogens with one attached hydrogen (secondary N) is 2. The summed E-state index contributed by atoms with van der Waals surface area (Å²) in [5, 5.41) is 4.49. The van der Waals surface area contributed by atoms with Crippen LogP contribution in [0.15, 0.2) is 46.3 Å². The van der Waals surface area contributed by atoms with Gasteiger partial charge in [-0.2, -0.15) is 5.10 Å². The third-order valence-electron chi connectivity index (χ3n) is 4.85. The lowest BCUT2D eigenvalue weighted by Gasteiger charge is -2.18. The monoisotopic (exact) mass is 506 g/mol. The van der Waals surface area contributed by atoms with Gasteiger partial charge in [-0.3, -0.25) is 14.1 Å². The summed E-state index contributed by atoms with van der Waals surface area (Å²) >= 11 is 0. The van der Waals surface area contributed by atoms with Gasteiger partial charge in [0, 0.05) is 35.1 Å². The van der Waals surface area contributed by atoms with Gasteiger partial charge in [-0.1, -0.05) is 20.8 Å². The number of sulfonamides is 2. The Bertz CT molecular complexity index is 1380. The van der Waals surface area contributed by atoms with Gasteiger partial charge in [0.2, 0.25) is 0 Å². The molecule has 0 saturated heterocycles. The van der Waals surface area contributed by atoms with Crippen molar-refractivity contribution in [1.82, 2.24) is 19.7 Å². The van der Waals surface area contributed by atoms with Gasteiger partial charge in [-0.05, 0) is 52.0 Å². The molecule has 3 aromatic rings. The summed E-state index contributed by atoms with van der Waals surface area (Å²) in [4.78, 5) is 8.26. The van der Waals surface area contributed by atoms with Gasteiger partial charge in [0.1, 0.15) is 16.5 Å². The molecule has 0 aliphatic carbocycles. The highest BCUT2D eigenvalue weighted by atomic mass is 32.2. The van der Waals surface area contributed by atoms with Crippen LogP contribution in [0.1, 0.15) is 57.9 Å². The van der Waals surface area contributed by atoms with Crippen LogP contribution in [0.5, 0.6) is 0 Å². The minimum atomic E-state index is -3.96. The van der Waals surface area contributed by atoms with Gasteiger partial charge in [-0.15, -0.1) is 0 Å². The fraction of sp³-hybridized carbons (Fsp3) is 0.409. The average Bonchev–Trinajstić information content (AvgIpc) is 3.14. The highest BCUT2D eigenvalue weighted by Crippen LogP contribution is 2.30. The van der Waals surface area contributed by atoms with E-state index in [0.717, 1.165) is 0 Å². The molecule has 2 heterocycles. The van der Waals surface area contributed by atoms with Crippen molar-refractivity contribution in [2.75, 3.05) is 9.44 Å². The molecule has 12 heteroatoms. The van der Waals surface area contributed by atoms with Crippen LogP contribution in [0, 0.1) is 13.8 Å². The Morgan fingerprint density at radius 3 is 2.06 bits per heavy atom. The summed E-state index contributed by atoms with van der Waals surface area (Å²) in [5.41, 5.74) is 0.814. The van der Waals surface area contributed by atoms with E-state index in [1.807, 2.05) is 34.6 Å². The maximum atomic E-state index is 13.2. The predicted octanol–water partition coefficient (Wildman–Crippen LogP) is 3.77. The number of hydrogen-bond donors (Lipinski definition) is 2. The molecule has 10 nitrogen and oxygen atoms in total. The quantitative estimate of drug-likeness (QED) is 0.498. The average molecular weight is 507 g/mol. The van der Waals surface area contributed by atoms with Crippen molar-refractivity contribution in [2.45, 2.75) is 69.7 Å². The molecule has 2 N–H and O–H groups in total. The summed E-state index contributed by atoms with van der Waals surface area (Å²) in [6.45, 7) is 12.9. The van der Waals surface area contributed by atoms with Crippen molar-refractivity contribution in [3.8, 4) is 0 Å². The van der Waals surface area contributed by atoms with Crippen molar-refractivity contribution < 1.29 is 16.8 Å². The van der Waals surface area contributed by atoms with Crippen LogP contribution in [-0.2, 0) is 25.5 Å². The Kier molecular flexibility index (Phi) is 6.78. The van der Waals surface area contributed by atoms with Crippen molar-refractivity contribution in [3.63, 3.8) is 0 Å². The number of hydrogen-bond acceptors (Lipinski definition) is 7. The van der Waals surface area contributed by atoms with Crippen LogP contribution < -0.4 is 9.44 Å². The number of aryl methyl sites for hydroxylation is 2.